The number of nitrogens with two attached hydrogens (primary N) is 1. The molecule has 0 bridgehead atoms. The topological polar surface area (TPSA) is 38.5 Å². The highest BCUT2D eigenvalue weighted by Gasteiger charge is 2.31. The van der Waals surface area contributed by atoms with Gasteiger partial charge in [0.1, 0.15) is 0 Å². The predicted octanol–water partition coefficient (Wildman–Crippen LogP) is 1.22. The Morgan fingerprint density at radius 2 is 2.00 bits per heavy atom. The van der Waals surface area contributed by atoms with E-state index in [1.54, 1.807) is 0 Å². The first-order chi connectivity index (χ1) is 6.43. The molecule has 1 fully saturated rings. The first-order valence-electron chi connectivity index (χ1n) is 5.54. The molecule has 0 saturated carbocycles. The third-order valence-corrected chi connectivity index (χ3v) is 2.76. The summed E-state index contributed by atoms with van der Waals surface area (Å²) in [6.45, 7) is 11.7. The van der Waals surface area contributed by atoms with E-state index in [4.69, 9.17) is 10.5 Å². The Labute approximate surface area is 87.6 Å². The van der Waals surface area contributed by atoms with Crippen LogP contribution in [0, 0.1) is 0 Å². The van der Waals surface area contributed by atoms with Gasteiger partial charge in [0.2, 0.25) is 0 Å². The molecule has 0 aromatic heterocycles. The van der Waals surface area contributed by atoms with E-state index in [0.717, 1.165) is 26.1 Å². The van der Waals surface area contributed by atoms with E-state index in [0.29, 0.717) is 12.2 Å². The van der Waals surface area contributed by atoms with E-state index in [9.17, 15) is 0 Å². The number of nitrogens with zero attached hydrogens (tertiary/aromatic N) is 1. The Morgan fingerprint density at radius 1 is 1.36 bits per heavy atom. The summed E-state index contributed by atoms with van der Waals surface area (Å²) >= 11 is 0. The van der Waals surface area contributed by atoms with Gasteiger partial charge >= 0.3 is 0 Å². The van der Waals surface area contributed by atoms with Crippen LogP contribution in [0.4, 0.5) is 0 Å². The lowest BCUT2D eigenvalue weighted by Crippen LogP contribution is -2.54. The molecule has 0 aromatic carbocycles. The van der Waals surface area contributed by atoms with Gasteiger partial charge in [0.25, 0.3) is 0 Å². The van der Waals surface area contributed by atoms with Crippen LogP contribution >= 0.6 is 0 Å². The SMILES string of the molecule is CC1CN(C(C)(C)C)CC(CCN)O1. The molecule has 1 aliphatic rings. The fourth-order valence-corrected chi connectivity index (χ4v) is 1.94. The Balaban J connectivity index is 2.54. The van der Waals surface area contributed by atoms with Crippen LogP contribution in [-0.2, 0) is 4.74 Å². The van der Waals surface area contributed by atoms with Crippen LogP contribution in [0.15, 0.2) is 0 Å². The number of ether oxygens (including phenoxy) is 1. The van der Waals surface area contributed by atoms with E-state index < -0.39 is 0 Å². The summed E-state index contributed by atoms with van der Waals surface area (Å²) in [7, 11) is 0. The average Bonchev–Trinajstić information content (AvgIpc) is 2.02. The van der Waals surface area contributed by atoms with Gasteiger partial charge in [0, 0.05) is 18.6 Å². The quantitative estimate of drug-likeness (QED) is 0.728. The molecule has 1 aliphatic heterocycles. The van der Waals surface area contributed by atoms with Gasteiger partial charge in [-0.05, 0) is 40.7 Å². The van der Waals surface area contributed by atoms with Crippen molar-refractivity contribution in [1.82, 2.24) is 4.90 Å². The van der Waals surface area contributed by atoms with Gasteiger partial charge in [-0.3, -0.25) is 4.90 Å². The minimum absolute atomic E-state index is 0.241. The molecule has 3 heteroatoms. The molecular weight excluding hydrogens is 176 g/mol. The van der Waals surface area contributed by atoms with Crippen molar-refractivity contribution < 1.29 is 4.74 Å². The number of morpholine rings is 1. The van der Waals surface area contributed by atoms with Crippen LogP contribution in [0.3, 0.4) is 0 Å². The zero-order chi connectivity index (χ0) is 10.8. The van der Waals surface area contributed by atoms with Gasteiger partial charge in [0.15, 0.2) is 0 Å². The molecule has 14 heavy (non-hydrogen) atoms. The molecule has 0 spiro atoms. The molecule has 3 nitrogen and oxygen atoms in total. The molecule has 2 N–H and O–H groups in total. The highest BCUT2D eigenvalue weighted by Crippen LogP contribution is 2.21. The standard InChI is InChI=1S/C11H24N2O/c1-9-7-13(11(2,3)4)8-10(14-9)5-6-12/h9-10H,5-8,12H2,1-4H3. The molecule has 2 unspecified atom stereocenters. The second-order valence-electron chi connectivity index (χ2n) is 5.22. The predicted molar refractivity (Wildman–Crippen MR) is 59.3 cm³/mol. The summed E-state index contributed by atoms with van der Waals surface area (Å²) < 4.78 is 5.83. The van der Waals surface area contributed by atoms with Gasteiger partial charge in [-0.15, -0.1) is 0 Å². The summed E-state index contributed by atoms with van der Waals surface area (Å²) in [5.74, 6) is 0. The molecule has 0 aliphatic carbocycles. The first-order valence-corrected chi connectivity index (χ1v) is 5.54. The van der Waals surface area contributed by atoms with E-state index in [1.165, 1.54) is 0 Å². The Morgan fingerprint density at radius 3 is 2.50 bits per heavy atom. The Kier molecular flexibility index (Phi) is 3.93. The van der Waals surface area contributed by atoms with Crippen molar-refractivity contribution in [3.8, 4) is 0 Å². The number of hydrogen-bond donors (Lipinski definition) is 1. The van der Waals surface area contributed by atoms with Crippen molar-refractivity contribution in [2.75, 3.05) is 19.6 Å². The Bertz CT molecular complexity index is 177. The zero-order valence-corrected chi connectivity index (χ0v) is 9.92. The van der Waals surface area contributed by atoms with Gasteiger partial charge in [-0.1, -0.05) is 0 Å². The highest BCUT2D eigenvalue weighted by molar-refractivity contribution is 4.84. The van der Waals surface area contributed by atoms with Crippen LogP contribution in [0.2, 0.25) is 0 Å². The molecule has 2 atom stereocenters. The molecule has 84 valence electrons. The summed E-state index contributed by atoms with van der Waals surface area (Å²) in [5.41, 5.74) is 5.80. The first kappa shape index (κ1) is 12.0. The van der Waals surface area contributed by atoms with Crippen LogP contribution in [-0.4, -0.2) is 42.3 Å². The fourth-order valence-electron chi connectivity index (χ4n) is 1.94. The van der Waals surface area contributed by atoms with E-state index in [2.05, 4.69) is 32.6 Å². The van der Waals surface area contributed by atoms with Crippen LogP contribution in [0.5, 0.6) is 0 Å². The van der Waals surface area contributed by atoms with Gasteiger partial charge in [0.05, 0.1) is 12.2 Å². The molecule has 1 heterocycles. The summed E-state index contributed by atoms with van der Waals surface area (Å²) in [6.07, 6.45) is 1.62. The largest absolute Gasteiger partial charge is 0.373 e. The zero-order valence-electron chi connectivity index (χ0n) is 9.92. The summed E-state index contributed by atoms with van der Waals surface area (Å²) in [5, 5.41) is 0. The molecule has 0 radical (unpaired) electrons. The van der Waals surface area contributed by atoms with Crippen LogP contribution < -0.4 is 5.73 Å². The molecule has 0 amide bonds. The van der Waals surface area contributed by atoms with Crippen molar-refractivity contribution in [3.63, 3.8) is 0 Å². The van der Waals surface area contributed by atoms with Gasteiger partial charge in [-0.25, -0.2) is 0 Å². The summed E-state index contributed by atoms with van der Waals surface area (Å²) in [4.78, 5) is 2.49. The maximum absolute atomic E-state index is 5.83. The maximum atomic E-state index is 5.83. The van der Waals surface area contributed by atoms with Crippen LogP contribution in [0.1, 0.15) is 34.1 Å². The van der Waals surface area contributed by atoms with Gasteiger partial charge in [-0.2, -0.15) is 0 Å². The second-order valence-corrected chi connectivity index (χ2v) is 5.22. The molecule has 0 aromatic rings. The van der Waals surface area contributed by atoms with Crippen LogP contribution in [0.25, 0.3) is 0 Å². The van der Waals surface area contributed by atoms with Gasteiger partial charge < -0.3 is 10.5 Å². The smallest absolute Gasteiger partial charge is 0.0718 e. The molecule has 1 rings (SSSR count). The number of rotatable bonds is 2. The number of hydrogen-bond acceptors (Lipinski definition) is 3. The third kappa shape index (κ3) is 3.23. The molecular formula is C11H24N2O. The van der Waals surface area contributed by atoms with Crippen molar-refractivity contribution >= 4 is 0 Å². The minimum Gasteiger partial charge on any atom is -0.373 e. The fraction of sp³-hybridized carbons (Fsp3) is 1.00. The summed E-state index contributed by atoms with van der Waals surface area (Å²) in [6, 6.07) is 0. The molecule has 1 saturated heterocycles. The van der Waals surface area contributed by atoms with E-state index >= 15 is 0 Å². The van der Waals surface area contributed by atoms with Crippen molar-refractivity contribution in [1.29, 1.82) is 0 Å². The Hall–Kier alpha value is -0.120. The van der Waals surface area contributed by atoms with E-state index in [-0.39, 0.29) is 5.54 Å². The lowest BCUT2D eigenvalue weighted by molar-refractivity contribution is -0.101. The monoisotopic (exact) mass is 200 g/mol. The highest BCUT2D eigenvalue weighted by atomic mass is 16.5. The lowest BCUT2D eigenvalue weighted by Gasteiger charge is -2.44. The maximum Gasteiger partial charge on any atom is 0.0718 e. The second kappa shape index (κ2) is 4.60. The normalized spacial score (nSPS) is 30.6. The minimum atomic E-state index is 0.241. The van der Waals surface area contributed by atoms with Crippen molar-refractivity contribution in [2.24, 2.45) is 5.73 Å². The average molecular weight is 200 g/mol. The lowest BCUT2D eigenvalue weighted by atomic mass is 10.0. The van der Waals surface area contributed by atoms with E-state index in [1.807, 2.05) is 0 Å². The van der Waals surface area contributed by atoms with Crippen molar-refractivity contribution in [3.05, 3.63) is 0 Å². The third-order valence-electron chi connectivity index (χ3n) is 2.76. The van der Waals surface area contributed by atoms with Crippen molar-refractivity contribution in [2.45, 2.75) is 51.9 Å².